The average Bonchev–Trinajstić information content (AvgIpc) is 2.65. The Labute approximate surface area is 100 Å². The Morgan fingerprint density at radius 2 is 2.06 bits per heavy atom. The lowest BCUT2D eigenvalue weighted by molar-refractivity contribution is -0.119. The van der Waals surface area contributed by atoms with Crippen molar-refractivity contribution >= 4 is 33.3 Å². The molecule has 5 nitrogen and oxygen atoms in total. The highest BCUT2D eigenvalue weighted by Gasteiger charge is 2.19. The van der Waals surface area contributed by atoms with E-state index in [9.17, 15) is 9.59 Å². The number of aromatic carboxylic acids is 1. The maximum atomic E-state index is 11.1. The molecule has 1 aromatic heterocycles. The SMILES string of the molecule is NC(=O)COc1c(C(=O)O)sc2ccccc12. The average molecular weight is 251 g/mol. The van der Waals surface area contributed by atoms with Crippen LogP contribution in [0.1, 0.15) is 9.67 Å². The third-order valence-electron chi connectivity index (χ3n) is 2.10. The smallest absolute Gasteiger partial charge is 0.349 e. The standard InChI is InChI=1S/C11H9NO4S/c12-8(13)5-16-9-6-3-1-2-4-7(6)17-10(9)11(14)15/h1-4H,5H2,(H2,12,13)(H,14,15). The van der Waals surface area contributed by atoms with Gasteiger partial charge in [0.2, 0.25) is 0 Å². The van der Waals surface area contributed by atoms with Crippen LogP contribution in [0.2, 0.25) is 0 Å². The molecular weight excluding hydrogens is 242 g/mol. The lowest BCUT2D eigenvalue weighted by Crippen LogP contribution is -2.20. The van der Waals surface area contributed by atoms with E-state index in [1.807, 2.05) is 6.07 Å². The molecule has 0 saturated carbocycles. The molecule has 17 heavy (non-hydrogen) atoms. The number of primary amides is 1. The van der Waals surface area contributed by atoms with Gasteiger partial charge in [-0.2, -0.15) is 0 Å². The third kappa shape index (κ3) is 2.21. The van der Waals surface area contributed by atoms with Crippen LogP contribution in [0, 0.1) is 0 Å². The third-order valence-corrected chi connectivity index (χ3v) is 3.24. The minimum absolute atomic E-state index is 0.0763. The van der Waals surface area contributed by atoms with Gasteiger partial charge in [0.25, 0.3) is 5.91 Å². The number of thiophene rings is 1. The molecule has 1 amide bonds. The van der Waals surface area contributed by atoms with Gasteiger partial charge in [-0.3, -0.25) is 4.79 Å². The fraction of sp³-hybridized carbons (Fsp3) is 0.0909. The minimum Gasteiger partial charge on any atom is -0.481 e. The highest BCUT2D eigenvalue weighted by atomic mass is 32.1. The molecule has 0 aliphatic rings. The molecule has 0 spiro atoms. The summed E-state index contributed by atoms with van der Waals surface area (Å²) >= 11 is 1.11. The van der Waals surface area contributed by atoms with Crippen molar-refractivity contribution in [1.29, 1.82) is 0 Å². The highest BCUT2D eigenvalue weighted by Crippen LogP contribution is 2.37. The Kier molecular flexibility index (Phi) is 2.97. The van der Waals surface area contributed by atoms with E-state index in [2.05, 4.69) is 0 Å². The van der Waals surface area contributed by atoms with E-state index in [0.717, 1.165) is 16.0 Å². The second-order valence-corrected chi connectivity index (χ2v) is 4.37. The summed E-state index contributed by atoms with van der Waals surface area (Å²) in [6, 6.07) is 7.12. The van der Waals surface area contributed by atoms with Gasteiger partial charge in [-0.1, -0.05) is 12.1 Å². The topological polar surface area (TPSA) is 89.6 Å². The van der Waals surface area contributed by atoms with E-state index in [1.165, 1.54) is 0 Å². The van der Waals surface area contributed by atoms with Crippen molar-refractivity contribution in [3.63, 3.8) is 0 Å². The summed E-state index contributed by atoms with van der Waals surface area (Å²) in [7, 11) is 0. The first-order valence-corrected chi connectivity index (χ1v) is 5.57. The molecule has 3 N–H and O–H groups in total. The van der Waals surface area contributed by atoms with Crippen LogP contribution < -0.4 is 10.5 Å². The summed E-state index contributed by atoms with van der Waals surface area (Å²) in [5, 5.41) is 9.72. The van der Waals surface area contributed by atoms with Gasteiger partial charge in [0, 0.05) is 10.1 Å². The van der Waals surface area contributed by atoms with Crippen molar-refractivity contribution in [2.24, 2.45) is 5.73 Å². The molecular formula is C11H9NO4S. The number of carboxylic acids is 1. The lowest BCUT2D eigenvalue weighted by atomic mass is 10.2. The summed E-state index contributed by atoms with van der Waals surface area (Å²) in [4.78, 5) is 21.8. The van der Waals surface area contributed by atoms with Gasteiger partial charge in [0.15, 0.2) is 17.2 Å². The quantitative estimate of drug-likeness (QED) is 0.860. The molecule has 0 fully saturated rings. The van der Waals surface area contributed by atoms with Gasteiger partial charge in [-0.05, 0) is 12.1 Å². The van der Waals surface area contributed by atoms with E-state index in [1.54, 1.807) is 18.2 Å². The minimum atomic E-state index is -1.08. The van der Waals surface area contributed by atoms with E-state index >= 15 is 0 Å². The fourth-order valence-corrected chi connectivity index (χ4v) is 2.44. The van der Waals surface area contributed by atoms with Crippen LogP contribution in [-0.2, 0) is 4.79 Å². The number of carbonyl (C=O) groups is 2. The van der Waals surface area contributed by atoms with Crippen molar-refractivity contribution < 1.29 is 19.4 Å². The van der Waals surface area contributed by atoms with Crippen LogP contribution >= 0.6 is 11.3 Å². The first-order chi connectivity index (χ1) is 8.09. The Balaban J connectivity index is 2.51. The van der Waals surface area contributed by atoms with Crippen molar-refractivity contribution in [1.82, 2.24) is 0 Å². The molecule has 0 aliphatic heterocycles. The first kappa shape index (κ1) is 11.4. The number of amides is 1. The maximum Gasteiger partial charge on any atom is 0.349 e. The molecule has 0 atom stereocenters. The zero-order valence-corrected chi connectivity index (χ0v) is 9.49. The van der Waals surface area contributed by atoms with Gasteiger partial charge < -0.3 is 15.6 Å². The molecule has 0 radical (unpaired) electrons. The van der Waals surface area contributed by atoms with Crippen LogP contribution in [0.5, 0.6) is 5.75 Å². The molecule has 0 unspecified atom stereocenters. The van der Waals surface area contributed by atoms with Crippen molar-refractivity contribution in [3.8, 4) is 5.75 Å². The number of nitrogens with two attached hydrogens (primary N) is 1. The van der Waals surface area contributed by atoms with E-state index < -0.39 is 11.9 Å². The number of ether oxygens (including phenoxy) is 1. The van der Waals surface area contributed by atoms with Gasteiger partial charge in [0.05, 0.1) is 0 Å². The molecule has 0 saturated heterocycles. The molecule has 88 valence electrons. The van der Waals surface area contributed by atoms with E-state index in [0.29, 0.717) is 5.39 Å². The van der Waals surface area contributed by atoms with Crippen LogP contribution in [0.15, 0.2) is 24.3 Å². The summed E-state index contributed by atoms with van der Waals surface area (Å²) in [6.07, 6.45) is 0. The van der Waals surface area contributed by atoms with Crippen molar-refractivity contribution in [2.45, 2.75) is 0 Å². The number of carbonyl (C=O) groups excluding carboxylic acids is 1. The van der Waals surface area contributed by atoms with Crippen LogP contribution in [0.25, 0.3) is 10.1 Å². The molecule has 2 rings (SSSR count). The number of hydrogen-bond acceptors (Lipinski definition) is 4. The molecule has 1 aromatic carbocycles. The molecule has 2 aromatic rings. The number of rotatable bonds is 4. The summed E-state index contributed by atoms with van der Waals surface area (Å²) in [5.41, 5.74) is 4.97. The van der Waals surface area contributed by atoms with Crippen LogP contribution in [0.4, 0.5) is 0 Å². The van der Waals surface area contributed by atoms with Gasteiger partial charge in [-0.15, -0.1) is 11.3 Å². The van der Waals surface area contributed by atoms with Gasteiger partial charge >= 0.3 is 5.97 Å². The van der Waals surface area contributed by atoms with Crippen LogP contribution in [-0.4, -0.2) is 23.6 Å². The summed E-state index contributed by atoms with van der Waals surface area (Å²) in [5.74, 6) is -1.51. The number of fused-ring (bicyclic) bond motifs is 1. The largest absolute Gasteiger partial charge is 0.481 e. The highest BCUT2D eigenvalue weighted by molar-refractivity contribution is 7.21. The monoisotopic (exact) mass is 251 g/mol. The van der Waals surface area contributed by atoms with Gasteiger partial charge in [0.1, 0.15) is 0 Å². The number of carboxylic acid groups (broad SMARTS) is 1. The molecule has 0 bridgehead atoms. The second-order valence-electron chi connectivity index (χ2n) is 3.32. The van der Waals surface area contributed by atoms with Crippen LogP contribution in [0.3, 0.4) is 0 Å². The Morgan fingerprint density at radius 1 is 1.35 bits per heavy atom. The Hall–Kier alpha value is -2.08. The van der Waals surface area contributed by atoms with Crippen molar-refractivity contribution in [2.75, 3.05) is 6.61 Å². The van der Waals surface area contributed by atoms with Crippen molar-refractivity contribution in [3.05, 3.63) is 29.1 Å². The second kappa shape index (κ2) is 4.42. The van der Waals surface area contributed by atoms with Gasteiger partial charge in [-0.25, -0.2) is 4.79 Å². The summed E-state index contributed by atoms with van der Waals surface area (Å²) < 4.78 is 5.96. The fourth-order valence-electron chi connectivity index (χ4n) is 1.45. The zero-order chi connectivity index (χ0) is 12.4. The summed E-state index contributed by atoms with van der Waals surface area (Å²) in [6.45, 7) is -0.332. The number of benzene rings is 1. The zero-order valence-electron chi connectivity index (χ0n) is 8.67. The molecule has 0 aliphatic carbocycles. The predicted molar refractivity (Wildman–Crippen MR) is 63.5 cm³/mol. The normalized spacial score (nSPS) is 10.4. The Bertz CT molecular complexity index is 590. The lowest BCUT2D eigenvalue weighted by Gasteiger charge is -2.03. The Morgan fingerprint density at radius 3 is 2.71 bits per heavy atom. The van der Waals surface area contributed by atoms with E-state index in [4.69, 9.17) is 15.6 Å². The maximum absolute atomic E-state index is 11.1. The first-order valence-electron chi connectivity index (χ1n) is 4.75. The predicted octanol–water partition coefficient (Wildman–Crippen LogP) is 1.46. The molecule has 1 heterocycles. The number of hydrogen-bond donors (Lipinski definition) is 2. The molecule has 6 heteroatoms. The van der Waals surface area contributed by atoms with E-state index in [-0.39, 0.29) is 17.2 Å².